The number of benzene rings is 2. The summed E-state index contributed by atoms with van der Waals surface area (Å²) in [7, 11) is -8.38. The van der Waals surface area contributed by atoms with Crippen molar-refractivity contribution in [2.45, 2.75) is 41.4 Å². The van der Waals surface area contributed by atoms with Crippen LogP contribution in [0.5, 0.6) is 0 Å². The number of hydrogen-bond acceptors (Lipinski definition) is 7. The number of rotatable bonds is 8. The molecular weight excluding hydrogens is 406 g/mol. The second-order valence-corrected chi connectivity index (χ2v) is 10.3. The average Bonchev–Trinajstić information content (AvgIpc) is 2.61. The van der Waals surface area contributed by atoms with Crippen LogP contribution in [0.4, 0.5) is 11.4 Å². The molecule has 0 aromatic heterocycles. The molecule has 0 saturated heterocycles. The molecule has 0 bridgehead atoms. The maximum atomic E-state index is 13.3. The van der Waals surface area contributed by atoms with E-state index in [2.05, 4.69) is 5.32 Å². The molecule has 11 heteroatoms. The minimum absolute atomic E-state index is 0.00851. The van der Waals surface area contributed by atoms with E-state index in [1.165, 1.54) is 25.1 Å². The fraction of sp³-hybridized carbons (Fsp3) is 0.294. The summed E-state index contributed by atoms with van der Waals surface area (Å²) in [6, 6.07) is 10.9. The van der Waals surface area contributed by atoms with Crippen molar-refractivity contribution in [3.63, 3.8) is 0 Å². The highest BCUT2D eigenvalue weighted by molar-refractivity contribution is 7.93. The number of anilines is 1. The van der Waals surface area contributed by atoms with Crippen LogP contribution in [-0.2, 0) is 19.9 Å². The first-order valence-electron chi connectivity index (χ1n) is 8.32. The van der Waals surface area contributed by atoms with Gasteiger partial charge in [-0.1, -0.05) is 37.6 Å². The summed E-state index contributed by atoms with van der Waals surface area (Å²) in [5.41, 5.74) is -1.04. The lowest BCUT2D eigenvalue weighted by Gasteiger charge is -2.32. The Hall–Kier alpha value is -2.50. The predicted octanol–water partition coefficient (Wildman–Crippen LogP) is 2.64. The molecule has 0 amide bonds. The van der Waals surface area contributed by atoms with E-state index < -0.39 is 45.9 Å². The molecule has 1 unspecified atom stereocenters. The minimum atomic E-state index is -4.35. The van der Waals surface area contributed by atoms with E-state index in [0.717, 1.165) is 12.1 Å². The van der Waals surface area contributed by atoms with Crippen LogP contribution in [0.2, 0.25) is 0 Å². The van der Waals surface area contributed by atoms with Gasteiger partial charge in [0.2, 0.25) is 19.9 Å². The molecule has 0 aliphatic heterocycles. The molecule has 9 nitrogen and oxygen atoms in total. The number of primary sulfonamides is 1. The lowest BCUT2D eigenvalue weighted by molar-refractivity contribution is -0.384. The summed E-state index contributed by atoms with van der Waals surface area (Å²) < 4.78 is 50.5. The molecule has 0 heterocycles. The predicted molar refractivity (Wildman–Crippen MR) is 105 cm³/mol. The van der Waals surface area contributed by atoms with Crippen molar-refractivity contribution in [2.24, 2.45) is 5.14 Å². The van der Waals surface area contributed by atoms with Gasteiger partial charge in [-0.25, -0.2) is 22.0 Å². The number of nitrogens with zero attached hydrogens (tertiary/aromatic N) is 1. The maximum absolute atomic E-state index is 13.3. The molecule has 0 spiro atoms. The first-order chi connectivity index (χ1) is 12.9. The molecule has 2 rings (SSSR count). The van der Waals surface area contributed by atoms with Gasteiger partial charge in [-0.15, -0.1) is 0 Å². The number of nitro groups is 1. The molecule has 0 aliphatic carbocycles. The molecule has 2 aromatic rings. The van der Waals surface area contributed by atoms with E-state index >= 15 is 0 Å². The Morgan fingerprint density at radius 1 is 1.07 bits per heavy atom. The lowest BCUT2D eigenvalue weighted by Crippen LogP contribution is -2.44. The first kappa shape index (κ1) is 21.8. The topological polar surface area (TPSA) is 149 Å². The van der Waals surface area contributed by atoms with Crippen molar-refractivity contribution >= 4 is 31.2 Å². The zero-order chi connectivity index (χ0) is 21.2. The molecule has 2 aromatic carbocycles. The van der Waals surface area contributed by atoms with Gasteiger partial charge in [0, 0.05) is 6.07 Å². The van der Waals surface area contributed by atoms with Crippen LogP contribution >= 0.6 is 0 Å². The number of nitrogens with one attached hydrogen (secondary N) is 1. The number of sulfonamides is 1. The first-order valence-corrected chi connectivity index (χ1v) is 11.3. The van der Waals surface area contributed by atoms with E-state index in [-0.39, 0.29) is 11.3 Å². The molecule has 1 atom stereocenters. The fourth-order valence-electron chi connectivity index (χ4n) is 2.90. The van der Waals surface area contributed by atoms with Crippen LogP contribution in [-0.4, -0.2) is 26.6 Å². The van der Waals surface area contributed by atoms with Crippen molar-refractivity contribution in [3.05, 3.63) is 58.6 Å². The Morgan fingerprint density at radius 2 is 1.68 bits per heavy atom. The van der Waals surface area contributed by atoms with Crippen LogP contribution in [0.25, 0.3) is 0 Å². The lowest BCUT2D eigenvalue weighted by atomic mass is 10.1. The smallest absolute Gasteiger partial charge is 0.293 e. The van der Waals surface area contributed by atoms with E-state index in [0.29, 0.717) is 6.42 Å². The molecule has 0 aliphatic rings. The van der Waals surface area contributed by atoms with Gasteiger partial charge in [-0.05, 0) is 31.5 Å². The van der Waals surface area contributed by atoms with Gasteiger partial charge in [-0.3, -0.25) is 10.1 Å². The zero-order valence-corrected chi connectivity index (χ0v) is 17.0. The third kappa shape index (κ3) is 4.16. The number of hydrogen-bond donors (Lipinski definition) is 2. The molecule has 152 valence electrons. The Labute approximate surface area is 163 Å². The standard InChI is InChI=1S/C17H21N3O6S2/c1-3-12-17(2,27(23,24)13-8-5-4-6-9-13)19-16-14(20(21)22)10-7-11-15(16)28(18,25)26/h4-11,19H,3,12H2,1-2H3,(H2,18,25,26). The third-order valence-corrected chi connectivity index (χ3v) is 7.61. The van der Waals surface area contributed by atoms with E-state index in [1.54, 1.807) is 25.1 Å². The van der Waals surface area contributed by atoms with Crippen LogP contribution in [0.15, 0.2) is 58.3 Å². The van der Waals surface area contributed by atoms with Crippen molar-refractivity contribution in [3.8, 4) is 0 Å². The number of sulfone groups is 1. The Balaban J connectivity index is 2.73. The van der Waals surface area contributed by atoms with E-state index in [4.69, 9.17) is 5.14 Å². The summed E-state index contributed by atoms with van der Waals surface area (Å²) in [4.78, 5) is 8.40. The normalized spacial score (nSPS) is 14.2. The Morgan fingerprint density at radius 3 is 2.18 bits per heavy atom. The molecule has 0 radical (unpaired) electrons. The molecule has 0 fully saturated rings. The van der Waals surface area contributed by atoms with Gasteiger partial charge in [0.05, 0.1) is 9.82 Å². The van der Waals surface area contributed by atoms with E-state index in [9.17, 15) is 26.9 Å². The number of para-hydroxylation sites is 1. The van der Waals surface area contributed by atoms with Crippen LogP contribution < -0.4 is 10.5 Å². The van der Waals surface area contributed by atoms with Gasteiger partial charge in [-0.2, -0.15) is 0 Å². The summed E-state index contributed by atoms with van der Waals surface area (Å²) in [5, 5.41) is 19.3. The number of nitro benzene ring substituents is 1. The van der Waals surface area contributed by atoms with Crippen LogP contribution in [0, 0.1) is 10.1 Å². The number of nitrogens with two attached hydrogens (primary N) is 1. The largest absolute Gasteiger partial charge is 0.360 e. The van der Waals surface area contributed by atoms with Gasteiger partial charge in [0.15, 0.2) is 0 Å². The molecular formula is C17H21N3O6S2. The maximum Gasteiger partial charge on any atom is 0.293 e. The Bertz CT molecular complexity index is 1090. The highest BCUT2D eigenvalue weighted by atomic mass is 32.2. The van der Waals surface area contributed by atoms with Gasteiger partial charge in [0.25, 0.3) is 5.69 Å². The minimum Gasteiger partial charge on any atom is -0.360 e. The van der Waals surface area contributed by atoms with Gasteiger partial charge >= 0.3 is 0 Å². The van der Waals surface area contributed by atoms with Gasteiger partial charge in [0.1, 0.15) is 15.5 Å². The fourth-order valence-corrected chi connectivity index (χ4v) is 5.35. The molecule has 0 saturated carbocycles. The summed E-state index contributed by atoms with van der Waals surface area (Å²) in [5.74, 6) is 0. The van der Waals surface area contributed by atoms with Crippen molar-refractivity contribution in [1.29, 1.82) is 0 Å². The van der Waals surface area contributed by atoms with E-state index in [1.807, 2.05) is 0 Å². The molecule has 3 N–H and O–H groups in total. The highest BCUT2D eigenvalue weighted by Crippen LogP contribution is 2.38. The summed E-state index contributed by atoms with van der Waals surface area (Å²) in [6.07, 6.45) is 0.487. The van der Waals surface area contributed by atoms with Crippen molar-refractivity contribution < 1.29 is 21.8 Å². The zero-order valence-electron chi connectivity index (χ0n) is 15.3. The van der Waals surface area contributed by atoms with Crippen molar-refractivity contribution in [1.82, 2.24) is 0 Å². The second kappa shape index (κ2) is 7.86. The quantitative estimate of drug-likeness (QED) is 0.485. The monoisotopic (exact) mass is 427 g/mol. The van der Waals surface area contributed by atoms with Crippen LogP contribution in [0.3, 0.4) is 0 Å². The van der Waals surface area contributed by atoms with Gasteiger partial charge < -0.3 is 5.32 Å². The highest BCUT2D eigenvalue weighted by Gasteiger charge is 2.42. The SMILES string of the molecule is CCCC(C)(Nc1c([N+](=O)[O-])cccc1S(N)(=O)=O)S(=O)(=O)c1ccccc1. The third-order valence-electron chi connectivity index (χ3n) is 4.27. The summed E-state index contributed by atoms with van der Waals surface area (Å²) >= 11 is 0. The van der Waals surface area contributed by atoms with Crippen LogP contribution in [0.1, 0.15) is 26.7 Å². The second-order valence-electron chi connectivity index (χ2n) is 6.37. The summed E-state index contributed by atoms with van der Waals surface area (Å²) in [6.45, 7) is 3.11. The Kier molecular flexibility index (Phi) is 6.12. The average molecular weight is 428 g/mol. The van der Waals surface area contributed by atoms with Crippen molar-refractivity contribution in [2.75, 3.05) is 5.32 Å². The molecule has 28 heavy (non-hydrogen) atoms.